The van der Waals surface area contributed by atoms with Gasteiger partial charge in [0.15, 0.2) is 0 Å². The van der Waals surface area contributed by atoms with Gasteiger partial charge in [-0.1, -0.05) is 60.0 Å². The molecule has 0 spiro atoms. The second-order valence-corrected chi connectivity index (χ2v) is 10.1. The molecule has 0 amide bonds. The van der Waals surface area contributed by atoms with Crippen LogP contribution in [-0.2, 0) is 6.61 Å². The third kappa shape index (κ3) is 6.31. The van der Waals surface area contributed by atoms with Crippen LogP contribution in [0.2, 0.25) is 10.0 Å². The van der Waals surface area contributed by atoms with E-state index < -0.39 is 0 Å². The summed E-state index contributed by atoms with van der Waals surface area (Å²) in [5, 5.41) is 14.5. The number of nitrogens with one attached hydrogen (secondary N) is 1. The van der Waals surface area contributed by atoms with Crippen LogP contribution >= 0.6 is 23.2 Å². The molecule has 6 nitrogen and oxygen atoms in total. The van der Waals surface area contributed by atoms with Crippen molar-refractivity contribution in [2.45, 2.75) is 31.9 Å². The van der Waals surface area contributed by atoms with Crippen LogP contribution in [0.25, 0.3) is 11.5 Å². The van der Waals surface area contributed by atoms with Crippen molar-refractivity contribution in [2.75, 3.05) is 25.0 Å². The van der Waals surface area contributed by atoms with Gasteiger partial charge in [-0.3, -0.25) is 4.90 Å². The SMILES string of the molecule is N#Cc1nc(-c2ccc(OCc3ccccc3Cl)cc2)oc1NC[C@H](c1ccc(Cl)cc1)N1CCCCC1. The molecule has 0 radical (unpaired) electrons. The first-order chi connectivity index (χ1) is 18.6. The maximum absolute atomic E-state index is 9.72. The standard InChI is InChI=1S/C30H28Cl2N4O2/c31-24-12-8-21(9-13-24)28(36-16-4-1-5-17-36)19-34-30-27(18-33)35-29(38-30)22-10-14-25(15-11-22)37-20-23-6-2-3-7-26(23)32/h2-3,6-15,28,34H,1,4-5,16-17,19-20H2/t28-/m1/s1. The largest absolute Gasteiger partial charge is 0.489 e. The molecule has 2 heterocycles. The highest BCUT2D eigenvalue weighted by Crippen LogP contribution is 2.30. The summed E-state index contributed by atoms with van der Waals surface area (Å²) >= 11 is 12.4. The van der Waals surface area contributed by atoms with Gasteiger partial charge in [0.05, 0.1) is 6.04 Å². The summed E-state index contributed by atoms with van der Waals surface area (Å²) in [4.78, 5) is 6.91. The Morgan fingerprint density at radius 3 is 2.42 bits per heavy atom. The smallest absolute Gasteiger partial charge is 0.232 e. The number of rotatable bonds is 9. The number of likely N-dealkylation sites (tertiary alicyclic amines) is 1. The lowest BCUT2D eigenvalue weighted by Gasteiger charge is -2.35. The van der Waals surface area contributed by atoms with E-state index in [4.69, 9.17) is 32.4 Å². The fraction of sp³-hybridized carbons (Fsp3) is 0.267. The summed E-state index contributed by atoms with van der Waals surface area (Å²) in [7, 11) is 0. The van der Waals surface area contributed by atoms with Gasteiger partial charge in [-0.25, -0.2) is 0 Å². The van der Waals surface area contributed by atoms with E-state index in [9.17, 15) is 5.26 Å². The normalized spacial score (nSPS) is 14.6. The molecule has 8 heteroatoms. The molecule has 1 atom stereocenters. The number of hydrogen-bond acceptors (Lipinski definition) is 6. The Morgan fingerprint density at radius 2 is 1.71 bits per heavy atom. The molecule has 1 N–H and O–H groups in total. The molecule has 3 aromatic carbocycles. The first kappa shape index (κ1) is 26.1. The van der Waals surface area contributed by atoms with Gasteiger partial charge in [0.1, 0.15) is 18.4 Å². The van der Waals surface area contributed by atoms with E-state index in [1.807, 2.05) is 60.7 Å². The van der Waals surface area contributed by atoms with Crippen molar-refractivity contribution in [3.63, 3.8) is 0 Å². The molecular formula is C30H28Cl2N4O2. The maximum atomic E-state index is 9.72. The highest BCUT2D eigenvalue weighted by Gasteiger charge is 2.24. The number of anilines is 1. The number of nitrogens with zero attached hydrogens (tertiary/aromatic N) is 3. The molecular weight excluding hydrogens is 519 g/mol. The fourth-order valence-electron chi connectivity index (χ4n) is 4.67. The summed E-state index contributed by atoms with van der Waals surface area (Å²) in [6.07, 6.45) is 3.61. The van der Waals surface area contributed by atoms with E-state index in [-0.39, 0.29) is 11.7 Å². The first-order valence-corrected chi connectivity index (χ1v) is 13.5. The van der Waals surface area contributed by atoms with Crippen LogP contribution in [0, 0.1) is 11.3 Å². The van der Waals surface area contributed by atoms with Crippen LogP contribution < -0.4 is 10.1 Å². The molecule has 5 rings (SSSR count). The Kier molecular flexibility index (Phi) is 8.50. The molecule has 194 valence electrons. The van der Waals surface area contributed by atoms with Crippen LogP contribution in [0.15, 0.2) is 77.2 Å². The molecule has 1 aromatic heterocycles. The number of nitriles is 1. The molecule has 38 heavy (non-hydrogen) atoms. The predicted molar refractivity (Wildman–Crippen MR) is 151 cm³/mol. The molecule has 0 bridgehead atoms. The third-order valence-electron chi connectivity index (χ3n) is 6.73. The Balaban J connectivity index is 1.28. The lowest BCUT2D eigenvalue weighted by Crippen LogP contribution is -2.37. The molecule has 1 fully saturated rings. The minimum absolute atomic E-state index is 0.127. The van der Waals surface area contributed by atoms with Crippen LogP contribution in [0.5, 0.6) is 5.75 Å². The lowest BCUT2D eigenvalue weighted by molar-refractivity contribution is 0.170. The average molecular weight is 547 g/mol. The number of hydrogen-bond donors (Lipinski definition) is 1. The zero-order valence-corrected chi connectivity index (χ0v) is 22.4. The first-order valence-electron chi connectivity index (χ1n) is 12.7. The molecule has 0 unspecified atom stereocenters. The molecule has 1 aliphatic heterocycles. The van der Waals surface area contributed by atoms with Crippen molar-refractivity contribution < 1.29 is 9.15 Å². The number of aromatic nitrogens is 1. The molecule has 0 aliphatic carbocycles. The molecule has 0 saturated carbocycles. The van der Waals surface area contributed by atoms with Crippen molar-refractivity contribution in [3.05, 3.63) is 99.7 Å². The van der Waals surface area contributed by atoms with E-state index in [0.717, 1.165) is 24.2 Å². The van der Waals surface area contributed by atoms with Gasteiger partial charge in [0, 0.05) is 27.7 Å². The van der Waals surface area contributed by atoms with Gasteiger partial charge in [-0.05, 0) is 74.0 Å². The minimum atomic E-state index is 0.127. The van der Waals surface area contributed by atoms with Crippen molar-refractivity contribution >= 4 is 29.1 Å². The maximum Gasteiger partial charge on any atom is 0.232 e. The van der Waals surface area contributed by atoms with E-state index in [1.54, 1.807) is 0 Å². The van der Waals surface area contributed by atoms with E-state index >= 15 is 0 Å². The summed E-state index contributed by atoms with van der Waals surface area (Å²) in [5.74, 6) is 1.45. The molecule has 1 saturated heterocycles. The summed E-state index contributed by atoms with van der Waals surface area (Å²) < 4.78 is 11.9. The summed E-state index contributed by atoms with van der Waals surface area (Å²) in [5.41, 5.74) is 3.08. The van der Waals surface area contributed by atoms with Crippen LogP contribution in [0.3, 0.4) is 0 Å². The summed E-state index contributed by atoms with van der Waals surface area (Å²) in [6.45, 7) is 3.02. The minimum Gasteiger partial charge on any atom is -0.489 e. The van der Waals surface area contributed by atoms with Gasteiger partial charge in [-0.2, -0.15) is 10.2 Å². The van der Waals surface area contributed by atoms with Crippen LogP contribution in [0.1, 0.15) is 42.1 Å². The number of piperidine rings is 1. The second kappa shape index (κ2) is 12.4. The highest BCUT2D eigenvalue weighted by atomic mass is 35.5. The van der Waals surface area contributed by atoms with E-state index in [1.165, 1.54) is 24.8 Å². The quantitative estimate of drug-likeness (QED) is 0.231. The Morgan fingerprint density at radius 1 is 0.974 bits per heavy atom. The van der Waals surface area contributed by atoms with Crippen molar-refractivity contribution in [1.29, 1.82) is 5.26 Å². The van der Waals surface area contributed by atoms with Gasteiger partial charge in [-0.15, -0.1) is 0 Å². The number of benzene rings is 3. The van der Waals surface area contributed by atoms with Crippen molar-refractivity contribution in [1.82, 2.24) is 9.88 Å². The van der Waals surface area contributed by atoms with E-state index in [2.05, 4.69) is 33.4 Å². The summed E-state index contributed by atoms with van der Waals surface area (Å²) in [6, 6.07) is 25.3. The van der Waals surface area contributed by atoms with E-state index in [0.29, 0.717) is 40.7 Å². The van der Waals surface area contributed by atoms with Crippen molar-refractivity contribution in [3.8, 4) is 23.3 Å². The monoisotopic (exact) mass is 546 g/mol. The Labute approximate surface area is 232 Å². The zero-order valence-electron chi connectivity index (χ0n) is 20.9. The zero-order chi connectivity index (χ0) is 26.3. The Hall–Kier alpha value is -3.50. The number of oxazole rings is 1. The predicted octanol–water partition coefficient (Wildman–Crippen LogP) is 7.74. The second-order valence-electron chi connectivity index (χ2n) is 9.26. The van der Waals surface area contributed by atoms with Gasteiger partial charge >= 0.3 is 0 Å². The number of halogens is 2. The van der Waals surface area contributed by atoms with Crippen LogP contribution in [0.4, 0.5) is 5.88 Å². The topological polar surface area (TPSA) is 74.3 Å². The molecule has 4 aromatic rings. The highest BCUT2D eigenvalue weighted by molar-refractivity contribution is 6.31. The van der Waals surface area contributed by atoms with Crippen molar-refractivity contribution in [2.24, 2.45) is 0 Å². The fourth-order valence-corrected chi connectivity index (χ4v) is 4.99. The number of ether oxygens (including phenoxy) is 1. The molecule has 1 aliphatic rings. The third-order valence-corrected chi connectivity index (χ3v) is 7.35. The lowest BCUT2D eigenvalue weighted by atomic mass is 10.0. The van der Waals surface area contributed by atoms with Gasteiger partial charge in [0.25, 0.3) is 0 Å². The van der Waals surface area contributed by atoms with Gasteiger partial charge < -0.3 is 14.5 Å². The average Bonchev–Trinajstić information content (AvgIpc) is 3.38. The van der Waals surface area contributed by atoms with Crippen LogP contribution in [-0.4, -0.2) is 29.5 Å². The van der Waals surface area contributed by atoms with Gasteiger partial charge in [0.2, 0.25) is 17.5 Å². The Bertz CT molecular complexity index is 1390.